The van der Waals surface area contributed by atoms with Crippen LogP contribution in [-0.4, -0.2) is 13.1 Å². The Kier molecular flexibility index (Phi) is 3.41. The van der Waals surface area contributed by atoms with Gasteiger partial charge in [0.15, 0.2) is 0 Å². The van der Waals surface area contributed by atoms with E-state index in [1.165, 1.54) is 9.87 Å². The van der Waals surface area contributed by atoms with Crippen molar-refractivity contribution in [1.29, 1.82) is 0 Å². The van der Waals surface area contributed by atoms with Gasteiger partial charge in [0, 0.05) is 7.05 Å². The van der Waals surface area contributed by atoms with Crippen LogP contribution in [0.5, 0.6) is 0 Å². The molecule has 0 aliphatic carbocycles. The minimum atomic E-state index is -0.236. The van der Waals surface area contributed by atoms with Crippen LogP contribution >= 0.6 is 12.8 Å². The second kappa shape index (κ2) is 4.37. The summed E-state index contributed by atoms with van der Waals surface area (Å²) in [6.45, 7) is 3.97. The summed E-state index contributed by atoms with van der Waals surface area (Å²) in [5.74, 6) is 0. The quantitative estimate of drug-likeness (QED) is 0.685. The van der Waals surface area contributed by atoms with E-state index in [4.69, 9.17) is 0 Å². The summed E-state index contributed by atoms with van der Waals surface area (Å²) in [6.07, 6.45) is 0. The lowest BCUT2D eigenvalue weighted by atomic mass is 10.1. The molecular weight excluding hydrogens is 196 g/mol. The molecule has 14 heavy (non-hydrogen) atoms. The van der Waals surface area contributed by atoms with Crippen molar-refractivity contribution in [2.45, 2.75) is 13.8 Å². The minimum Gasteiger partial charge on any atom is -0.340 e. The highest BCUT2D eigenvalue weighted by molar-refractivity contribution is 7.82. The molecule has 0 aliphatic rings. The van der Waals surface area contributed by atoms with Gasteiger partial charge in [0.1, 0.15) is 0 Å². The van der Waals surface area contributed by atoms with E-state index in [-0.39, 0.29) is 6.03 Å². The fourth-order valence-electron chi connectivity index (χ4n) is 1.26. The highest BCUT2D eigenvalue weighted by Gasteiger charge is 2.11. The van der Waals surface area contributed by atoms with Crippen LogP contribution in [0.15, 0.2) is 18.2 Å². The molecule has 3 nitrogen and oxygen atoms in total. The molecule has 1 aromatic rings. The number of hydrogen-bond acceptors (Lipinski definition) is 2. The van der Waals surface area contributed by atoms with Gasteiger partial charge < -0.3 is 5.32 Å². The van der Waals surface area contributed by atoms with E-state index in [2.05, 4.69) is 18.1 Å². The second-order valence-electron chi connectivity index (χ2n) is 3.16. The van der Waals surface area contributed by atoms with Crippen molar-refractivity contribution in [1.82, 2.24) is 5.32 Å². The molecule has 0 atom stereocenters. The third-order valence-corrected chi connectivity index (χ3v) is 2.38. The Hall–Kier alpha value is -1.16. The van der Waals surface area contributed by atoms with Gasteiger partial charge in [-0.25, -0.2) is 9.10 Å². The van der Waals surface area contributed by atoms with Gasteiger partial charge in [-0.1, -0.05) is 30.5 Å². The van der Waals surface area contributed by atoms with Crippen molar-refractivity contribution in [3.8, 4) is 0 Å². The summed E-state index contributed by atoms with van der Waals surface area (Å²) in [7, 11) is 1.58. The Morgan fingerprint density at radius 1 is 1.43 bits per heavy atom. The van der Waals surface area contributed by atoms with Gasteiger partial charge in [0.05, 0.1) is 5.69 Å². The van der Waals surface area contributed by atoms with Crippen molar-refractivity contribution in [2.24, 2.45) is 0 Å². The molecule has 0 saturated heterocycles. The van der Waals surface area contributed by atoms with Crippen molar-refractivity contribution in [3.63, 3.8) is 0 Å². The zero-order chi connectivity index (χ0) is 10.7. The molecule has 0 aliphatic heterocycles. The number of carbonyl (C=O) groups is 1. The SMILES string of the molecule is CNC(=O)N(S)c1ccc(C)cc1C. The van der Waals surface area contributed by atoms with Gasteiger partial charge in [-0.3, -0.25) is 0 Å². The number of thiol groups is 1. The lowest BCUT2D eigenvalue weighted by Crippen LogP contribution is -2.31. The lowest BCUT2D eigenvalue weighted by molar-refractivity contribution is 0.252. The van der Waals surface area contributed by atoms with Gasteiger partial charge in [-0.05, 0) is 25.5 Å². The van der Waals surface area contributed by atoms with E-state index < -0.39 is 0 Å². The molecule has 1 rings (SSSR count). The van der Waals surface area contributed by atoms with Gasteiger partial charge in [0.2, 0.25) is 0 Å². The van der Waals surface area contributed by atoms with E-state index in [0.29, 0.717) is 0 Å². The fraction of sp³-hybridized carbons (Fsp3) is 0.300. The average molecular weight is 210 g/mol. The number of amides is 2. The highest BCUT2D eigenvalue weighted by Crippen LogP contribution is 2.22. The lowest BCUT2D eigenvalue weighted by Gasteiger charge is -2.17. The molecule has 0 radical (unpaired) electrons. The molecule has 76 valence electrons. The van der Waals surface area contributed by atoms with Crippen LogP contribution in [0.3, 0.4) is 0 Å². The summed E-state index contributed by atoms with van der Waals surface area (Å²) in [4.78, 5) is 11.3. The van der Waals surface area contributed by atoms with Gasteiger partial charge in [-0.2, -0.15) is 0 Å². The topological polar surface area (TPSA) is 32.3 Å². The average Bonchev–Trinajstić information content (AvgIpc) is 2.15. The number of anilines is 1. The molecular formula is C10H14N2OS. The molecule has 0 heterocycles. The standard InChI is InChI=1S/C10H14N2OS/c1-7-4-5-9(8(2)6-7)12(14)10(13)11-3/h4-6,14H,1-3H3,(H,11,13). The fourth-order valence-corrected chi connectivity index (χ4v) is 1.58. The second-order valence-corrected chi connectivity index (χ2v) is 3.56. The summed E-state index contributed by atoms with van der Waals surface area (Å²) >= 11 is 4.12. The van der Waals surface area contributed by atoms with Crippen LogP contribution in [0, 0.1) is 13.8 Å². The van der Waals surface area contributed by atoms with E-state index in [1.54, 1.807) is 7.05 Å². The third-order valence-electron chi connectivity index (χ3n) is 1.99. The van der Waals surface area contributed by atoms with Crippen LogP contribution in [0.2, 0.25) is 0 Å². The Balaban J connectivity index is 3.01. The number of nitrogens with zero attached hydrogens (tertiary/aromatic N) is 1. The monoisotopic (exact) mass is 210 g/mol. The Morgan fingerprint density at radius 2 is 2.07 bits per heavy atom. The summed E-state index contributed by atoms with van der Waals surface area (Å²) < 4.78 is 1.30. The van der Waals surface area contributed by atoms with Crippen LogP contribution in [0.4, 0.5) is 10.5 Å². The highest BCUT2D eigenvalue weighted by atomic mass is 32.1. The maximum atomic E-state index is 11.3. The zero-order valence-electron chi connectivity index (χ0n) is 8.53. The van der Waals surface area contributed by atoms with Crippen LogP contribution in [-0.2, 0) is 0 Å². The smallest absolute Gasteiger partial charge is 0.331 e. The summed E-state index contributed by atoms with van der Waals surface area (Å²) in [5, 5.41) is 2.52. The van der Waals surface area contributed by atoms with Crippen molar-refractivity contribution in [2.75, 3.05) is 11.4 Å². The molecule has 0 spiro atoms. The van der Waals surface area contributed by atoms with E-state index in [9.17, 15) is 4.79 Å². The number of urea groups is 1. The summed E-state index contributed by atoms with van der Waals surface area (Å²) in [6, 6.07) is 5.61. The number of nitrogens with one attached hydrogen (secondary N) is 1. The number of benzene rings is 1. The van der Waals surface area contributed by atoms with E-state index in [0.717, 1.165) is 11.3 Å². The summed E-state index contributed by atoms with van der Waals surface area (Å²) in [5.41, 5.74) is 3.01. The normalized spacial score (nSPS) is 9.71. The van der Waals surface area contributed by atoms with Gasteiger partial charge in [-0.15, -0.1) is 0 Å². The van der Waals surface area contributed by atoms with Crippen LogP contribution in [0.1, 0.15) is 11.1 Å². The number of hydrogen-bond donors (Lipinski definition) is 2. The van der Waals surface area contributed by atoms with Crippen LogP contribution in [0.25, 0.3) is 0 Å². The van der Waals surface area contributed by atoms with Gasteiger partial charge in [0.25, 0.3) is 0 Å². The minimum absolute atomic E-state index is 0.236. The van der Waals surface area contributed by atoms with Crippen molar-refractivity contribution >= 4 is 24.5 Å². The predicted molar refractivity (Wildman–Crippen MR) is 61.8 cm³/mol. The molecule has 0 unspecified atom stereocenters. The van der Waals surface area contributed by atoms with Crippen molar-refractivity contribution in [3.05, 3.63) is 29.3 Å². The maximum absolute atomic E-state index is 11.3. The Bertz CT molecular complexity index is 352. The maximum Gasteiger partial charge on any atom is 0.331 e. The first-order chi connectivity index (χ1) is 6.56. The first-order valence-corrected chi connectivity index (χ1v) is 4.74. The van der Waals surface area contributed by atoms with Crippen LogP contribution < -0.4 is 9.62 Å². The third kappa shape index (κ3) is 2.20. The van der Waals surface area contributed by atoms with Gasteiger partial charge >= 0.3 is 6.03 Å². The number of carbonyl (C=O) groups excluding carboxylic acids is 1. The van der Waals surface area contributed by atoms with E-state index in [1.807, 2.05) is 32.0 Å². The molecule has 1 aromatic carbocycles. The number of aryl methyl sites for hydroxylation is 2. The van der Waals surface area contributed by atoms with Crippen molar-refractivity contribution < 1.29 is 4.79 Å². The first kappa shape index (κ1) is 10.9. The Labute approximate surface area is 89.7 Å². The predicted octanol–water partition coefficient (Wildman–Crippen LogP) is 2.29. The largest absolute Gasteiger partial charge is 0.340 e. The molecule has 1 N–H and O–H groups in total. The molecule has 0 aromatic heterocycles. The molecule has 4 heteroatoms. The molecule has 2 amide bonds. The molecule has 0 bridgehead atoms. The first-order valence-electron chi connectivity index (χ1n) is 4.34. The zero-order valence-corrected chi connectivity index (χ0v) is 9.43. The van der Waals surface area contributed by atoms with E-state index >= 15 is 0 Å². The molecule has 0 fully saturated rings. The number of rotatable bonds is 1. The molecule has 0 saturated carbocycles. The Morgan fingerprint density at radius 3 is 2.57 bits per heavy atom.